The summed E-state index contributed by atoms with van der Waals surface area (Å²) in [5, 5.41) is 11.4. The Bertz CT molecular complexity index is 589. The minimum atomic E-state index is -0.368. The van der Waals surface area contributed by atoms with E-state index in [1.807, 2.05) is 9.80 Å². The lowest BCUT2D eigenvalue weighted by atomic mass is 10.1. The Labute approximate surface area is 136 Å². The molecule has 0 aromatic heterocycles. The van der Waals surface area contributed by atoms with Gasteiger partial charge in [-0.3, -0.25) is 14.9 Å². The fraction of sp³-hybridized carbons (Fsp3) is 0.588. The lowest BCUT2D eigenvalue weighted by Crippen LogP contribution is -2.32. The molecule has 0 spiro atoms. The van der Waals surface area contributed by atoms with Crippen molar-refractivity contribution in [1.82, 2.24) is 4.90 Å². The molecule has 0 bridgehead atoms. The van der Waals surface area contributed by atoms with Crippen LogP contribution in [0.1, 0.15) is 48.9 Å². The predicted molar refractivity (Wildman–Crippen MR) is 88.9 cm³/mol. The number of hydrogen-bond acceptors (Lipinski definition) is 4. The average Bonchev–Trinajstić information content (AvgIpc) is 2.96. The third-order valence-corrected chi connectivity index (χ3v) is 4.76. The minimum absolute atomic E-state index is 0.0487. The Morgan fingerprint density at radius 2 is 1.57 bits per heavy atom. The van der Waals surface area contributed by atoms with Crippen molar-refractivity contribution in [3.05, 3.63) is 33.9 Å². The van der Waals surface area contributed by atoms with E-state index in [2.05, 4.69) is 0 Å². The number of amides is 1. The van der Waals surface area contributed by atoms with Crippen molar-refractivity contribution in [3.63, 3.8) is 0 Å². The summed E-state index contributed by atoms with van der Waals surface area (Å²) in [6, 6.07) is 4.95. The number of rotatable bonds is 3. The molecule has 23 heavy (non-hydrogen) atoms. The molecular formula is C17H23N3O3. The first-order valence-electron chi connectivity index (χ1n) is 8.49. The molecule has 124 valence electrons. The molecule has 0 saturated carbocycles. The van der Waals surface area contributed by atoms with Crippen LogP contribution in [0.2, 0.25) is 0 Å². The van der Waals surface area contributed by atoms with Crippen LogP contribution in [0.4, 0.5) is 11.4 Å². The second-order valence-corrected chi connectivity index (χ2v) is 6.36. The predicted octanol–water partition coefficient (Wildman–Crippen LogP) is 3.21. The van der Waals surface area contributed by atoms with Crippen LogP contribution in [0.25, 0.3) is 0 Å². The summed E-state index contributed by atoms with van der Waals surface area (Å²) in [6.45, 7) is 3.20. The Morgan fingerprint density at radius 1 is 0.957 bits per heavy atom. The number of carbonyl (C=O) groups excluding carboxylic acids is 1. The van der Waals surface area contributed by atoms with Gasteiger partial charge in [-0.25, -0.2) is 0 Å². The van der Waals surface area contributed by atoms with Gasteiger partial charge in [0.1, 0.15) is 5.69 Å². The highest BCUT2D eigenvalue weighted by molar-refractivity contribution is 5.95. The molecule has 0 atom stereocenters. The van der Waals surface area contributed by atoms with Crippen LogP contribution in [0.15, 0.2) is 18.2 Å². The second kappa shape index (κ2) is 6.98. The van der Waals surface area contributed by atoms with Gasteiger partial charge in [0.2, 0.25) is 0 Å². The molecule has 1 aromatic carbocycles. The van der Waals surface area contributed by atoms with Crippen LogP contribution in [-0.4, -0.2) is 41.9 Å². The first-order valence-corrected chi connectivity index (χ1v) is 8.49. The van der Waals surface area contributed by atoms with Crippen molar-refractivity contribution in [3.8, 4) is 0 Å². The van der Waals surface area contributed by atoms with Gasteiger partial charge < -0.3 is 9.80 Å². The molecule has 0 aliphatic carbocycles. The van der Waals surface area contributed by atoms with E-state index in [1.54, 1.807) is 12.1 Å². The van der Waals surface area contributed by atoms with Gasteiger partial charge >= 0.3 is 0 Å². The normalized spacial score (nSPS) is 18.8. The average molecular weight is 317 g/mol. The highest BCUT2D eigenvalue weighted by Gasteiger charge is 2.25. The lowest BCUT2D eigenvalue weighted by molar-refractivity contribution is -0.384. The molecule has 3 rings (SSSR count). The van der Waals surface area contributed by atoms with Crippen molar-refractivity contribution in [2.24, 2.45) is 0 Å². The largest absolute Gasteiger partial charge is 0.366 e. The van der Waals surface area contributed by atoms with Gasteiger partial charge in [0.15, 0.2) is 0 Å². The third-order valence-electron chi connectivity index (χ3n) is 4.76. The quantitative estimate of drug-likeness (QED) is 0.634. The summed E-state index contributed by atoms with van der Waals surface area (Å²) in [4.78, 5) is 27.6. The molecule has 2 heterocycles. The summed E-state index contributed by atoms with van der Waals surface area (Å²) in [5.74, 6) is -0.0806. The van der Waals surface area contributed by atoms with Crippen LogP contribution >= 0.6 is 0 Å². The summed E-state index contributed by atoms with van der Waals surface area (Å²) in [7, 11) is 0. The van der Waals surface area contributed by atoms with Crippen molar-refractivity contribution in [2.75, 3.05) is 31.1 Å². The van der Waals surface area contributed by atoms with Crippen molar-refractivity contribution >= 4 is 17.3 Å². The van der Waals surface area contributed by atoms with E-state index in [1.165, 1.54) is 6.07 Å². The van der Waals surface area contributed by atoms with Crippen LogP contribution in [0.3, 0.4) is 0 Å². The molecule has 1 amide bonds. The van der Waals surface area contributed by atoms with Crippen LogP contribution in [0.5, 0.6) is 0 Å². The zero-order chi connectivity index (χ0) is 16.2. The summed E-state index contributed by atoms with van der Waals surface area (Å²) >= 11 is 0. The monoisotopic (exact) mass is 317 g/mol. The van der Waals surface area contributed by atoms with Gasteiger partial charge in [-0.05, 0) is 37.8 Å². The second-order valence-electron chi connectivity index (χ2n) is 6.36. The van der Waals surface area contributed by atoms with E-state index in [4.69, 9.17) is 0 Å². The molecule has 1 aromatic rings. The SMILES string of the molecule is O=C(c1ccc(N2CCCC2)c([N+](=O)[O-])c1)N1CCCCCC1. The Morgan fingerprint density at radius 3 is 2.17 bits per heavy atom. The zero-order valence-corrected chi connectivity index (χ0v) is 13.4. The number of likely N-dealkylation sites (tertiary alicyclic amines) is 1. The highest BCUT2D eigenvalue weighted by atomic mass is 16.6. The highest BCUT2D eigenvalue weighted by Crippen LogP contribution is 2.32. The molecule has 6 nitrogen and oxygen atoms in total. The molecule has 0 N–H and O–H groups in total. The van der Waals surface area contributed by atoms with E-state index < -0.39 is 0 Å². The number of hydrogen-bond donors (Lipinski definition) is 0. The van der Waals surface area contributed by atoms with Gasteiger partial charge in [0, 0.05) is 37.8 Å². The fourth-order valence-electron chi connectivity index (χ4n) is 3.48. The Kier molecular flexibility index (Phi) is 4.79. The molecule has 0 radical (unpaired) electrons. The third kappa shape index (κ3) is 3.46. The van der Waals surface area contributed by atoms with Crippen LogP contribution in [0, 0.1) is 10.1 Å². The number of carbonyl (C=O) groups is 1. The zero-order valence-electron chi connectivity index (χ0n) is 13.4. The molecule has 2 aliphatic rings. The summed E-state index contributed by atoms with van der Waals surface area (Å²) in [6.07, 6.45) is 6.45. The van der Waals surface area contributed by atoms with E-state index in [0.29, 0.717) is 11.3 Å². The van der Waals surface area contributed by atoms with Crippen LogP contribution in [-0.2, 0) is 0 Å². The van der Waals surface area contributed by atoms with E-state index in [0.717, 1.165) is 64.7 Å². The number of nitrogens with zero attached hydrogens (tertiary/aromatic N) is 3. The first-order chi connectivity index (χ1) is 11.2. The number of anilines is 1. The maximum Gasteiger partial charge on any atom is 0.293 e. The molecule has 6 heteroatoms. The van der Waals surface area contributed by atoms with Gasteiger partial charge in [-0.1, -0.05) is 12.8 Å². The van der Waals surface area contributed by atoms with Crippen molar-refractivity contribution in [1.29, 1.82) is 0 Å². The molecule has 0 unspecified atom stereocenters. The van der Waals surface area contributed by atoms with Gasteiger partial charge in [0.25, 0.3) is 11.6 Å². The molecule has 2 aliphatic heterocycles. The fourth-order valence-corrected chi connectivity index (χ4v) is 3.48. The summed E-state index contributed by atoms with van der Waals surface area (Å²) < 4.78 is 0. The maximum absolute atomic E-state index is 12.6. The standard InChI is InChI=1S/C17H23N3O3/c21-17(19-11-3-1-2-4-12-19)14-7-8-15(16(13-14)20(22)23)18-9-5-6-10-18/h7-8,13H,1-6,9-12H2. The Balaban J connectivity index is 1.86. The summed E-state index contributed by atoms with van der Waals surface area (Å²) in [5.41, 5.74) is 1.12. The minimum Gasteiger partial charge on any atom is -0.366 e. The van der Waals surface area contributed by atoms with E-state index >= 15 is 0 Å². The smallest absolute Gasteiger partial charge is 0.293 e. The number of nitro groups is 1. The molecular weight excluding hydrogens is 294 g/mol. The Hall–Kier alpha value is -2.11. The van der Waals surface area contributed by atoms with E-state index in [9.17, 15) is 14.9 Å². The number of nitro benzene ring substituents is 1. The number of benzene rings is 1. The van der Waals surface area contributed by atoms with Crippen LogP contribution < -0.4 is 4.90 Å². The topological polar surface area (TPSA) is 66.7 Å². The van der Waals surface area contributed by atoms with Gasteiger partial charge in [0.05, 0.1) is 4.92 Å². The van der Waals surface area contributed by atoms with Crippen molar-refractivity contribution in [2.45, 2.75) is 38.5 Å². The lowest BCUT2D eigenvalue weighted by Gasteiger charge is -2.21. The first kappa shape index (κ1) is 15.8. The van der Waals surface area contributed by atoms with E-state index in [-0.39, 0.29) is 16.5 Å². The maximum atomic E-state index is 12.6. The van der Waals surface area contributed by atoms with Crippen molar-refractivity contribution < 1.29 is 9.72 Å². The molecule has 2 fully saturated rings. The van der Waals surface area contributed by atoms with Gasteiger partial charge in [-0.2, -0.15) is 0 Å². The van der Waals surface area contributed by atoms with Gasteiger partial charge in [-0.15, -0.1) is 0 Å². The molecule has 2 saturated heterocycles.